The molecule has 1 atom stereocenters. The summed E-state index contributed by atoms with van der Waals surface area (Å²) in [6, 6.07) is 9.35. The minimum atomic E-state index is -3.53. The minimum Gasteiger partial charge on any atom is -0.396 e. The first-order valence-corrected chi connectivity index (χ1v) is 12.4. The van der Waals surface area contributed by atoms with Gasteiger partial charge in [-0.05, 0) is 68.5 Å². The molecule has 8 heteroatoms. The van der Waals surface area contributed by atoms with Crippen molar-refractivity contribution in [3.63, 3.8) is 0 Å². The van der Waals surface area contributed by atoms with Crippen LogP contribution in [0.25, 0.3) is 11.3 Å². The molecule has 2 aliphatic rings. The van der Waals surface area contributed by atoms with Crippen LogP contribution in [0, 0.1) is 6.92 Å². The predicted molar refractivity (Wildman–Crippen MR) is 123 cm³/mol. The molecular weight excluding hydrogens is 424 g/mol. The molecule has 1 spiro atoms. The molecule has 2 aromatic heterocycles. The van der Waals surface area contributed by atoms with Gasteiger partial charge in [0.05, 0.1) is 15.8 Å². The molecule has 0 amide bonds. The first kappa shape index (κ1) is 21.0. The average Bonchev–Trinajstić information content (AvgIpc) is 3.50. The Kier molecular flexibility index (Phi) is 5.02. The molecule has 1 aromatic carbocycles. The lowest BCUT2D eigenvalue weighted by Crippen LogP contribution is -2.21. The van der Waals surface area contributed by atoms with Crippen molar-refractivity contribution in [3.05, 3.63) is 60.0 Å². The zero-order valence-electron chi connectivity index (χ0n) is 18.2. The Morgan fingerprint density at radius 3 is 2.53 bits per heavy atom. The summed E-state index contributed by atoms with van der Waals surface area (Å²) in [6.45, 7) is 4.25. The Labute approximate surface area is 188 Å². The third-order valence-electron chi connectivity index (χ3n) is 6.63. The van der Waals surface area contributed by atoms with Crippen LogP contribution < -0.4 is 4.90 Å². The molecule has 0 saturated heterocycles. The van der Waals surface area contributed by atoms with Crippen molar-refractivity contribution in [2.45, 2.75) is 48.7 Å². The average molecular weight is 451 g/mol. The topological polar surface area (TPSA) is 96.3 Å². The number of nitrogens with zero attached hydrogens (tertiary/aromatic N) is 4. The van der Waals surface area contributed by atoms with Crippen molar-refractivity contribution >= 4 is 21.5 Å². The molecule has 1 aliphatic carbocycles. The number of hydrogen-bond acceptors (Lipinski definition) is 7. The van der Waals surface area contributed by atoms with E-state index in [4.69, 9.17) is 0 Å². The van der Waals surface area contributed by atoms with Gasteiger partial charge in [-0.1, -0.05) is 6.07 Å². The first-order chi connectivity index (χ1) is 15.3. The van der Waals surface area contributed by atoms with E-state index in [0.717, 1.165) is 41.9 Å². The quantitative estimate of drug-likeness (QED) is 0.613. The summed E-state index contributed by atoms with van der Waals surface area (Å²) < 4.78 is 26.0. The monoisotopic (exact) mass is 450 g/mol. The molecule has 3 heterocycles. The number of aliphatic hydroxyl groups is 1. The van der Waals surface area contributed by atoms with E-state index in [0.29, 0.717) is 5.95 Å². The van der Waals surface area contributed by atoms with E-state index in [1.54, 1.807) is 37.6 Å². The molecule has 1 unspecified atom stereocenters. The lowest BCUT2D eigenvalue weighted by molar-refractivity contribution is 0.287. The smallest absolute Gasteiger partial charge is 0.229 e. The van der Waals surface area contributed by atoms with Gasteiger partial charge in [-0.25, -0.2) is 18.4 Å². The van der Waals surface area contributed by atoms with Gasteiger partial charge < -0.3 is 10.0 Å². The number of aromatic nitrogens is 3. The molecule has 0 bridgehead atoms. The van der Waals surface area contributed by atoms with Crippen molar-refractivity contribution in [2.24, 2.45) is 0 Å². The van der Waals surface area contributed by atoms with E-state index in [2.05, 4.69) is 15.0 Å². The van der Waals surface area contributed by atoms with Crippen LogP contribution >= 0.6 is 0 Å². The number of benzene rings is 1. The Morgan fingerprint density at radius 2 is 1.88 bits per heavy atom. The molecule has 32 heavy (non-hydrogen) atoms. The number of pyridine rings is 1. The summed E-state index contributed by atoms with van der Waals surface area (Å²) in [4.78, 5) is 15.9. The maximum atomic E-state index is 13.0. The Morgan fingerprint density at radius 1 is 1.12 bits per heavy atom. The van der Waals surface area contributed by atoms with Crippen LogP contribution in [0.4, 0.5) is 11.6 Å². The minimum absolute atomic E-state index is 0.0640. The van der Waals surface area contributed by atoms with E-state index in [9.17, 15) is 13.5 Å². The zero-order chi connectivity index (χ0) is 22.5. The summed E-state index contributed by atoms with van der Waals surface area (Å²) in [7, 11) is -3.53. The largest absolute Gasteiger partial charge is 0.396 e. The van der Waals surface area contributed by atoms with Crippen molar-refractivity contribution in [2.75, 3.05) is 18.1 Å². The van der Waals surface area contributed by atoms with Gasteiger partial charge in [-0.15, -0.1) is 0 Å². The summed E-state index contributed by atoms with van der Waals surface area (Å²) in [5, 5.41) is 8.55. The van der Waals surface area contributed by atoms with E-state index < -0.39 is 15.1 Å². The highest BCUT2D eigenvalue weighted by Gasteiger charge is 2.52. The van der Waals surface area contributed by atoms with Crippen LogP contribution in [0.2, 0.25) is 0 Å². The first-order valence-electron chi connectivity index (χ1n) is 10.9. The van der Waals surface area contributed by atoms with Crippen molar-refractivity contribution in [1.29, 1.82) is 0 Å². The van der Waals surface area contributed by atoms with Crippen molar-refractivity contribution in [1.82, 2.24) is 15.0 Å². The molecule has 1 fully saturated rings. The van der Waals surface area contributed by atoms with Gasteiger partial charge in [0.15, 0.2) is 9.84 Å². The second-order valence-electron chi connectivity index (χ2n) is 8.90. The number of hydrogen-bond donors (Lipinski definition) is 1. The third kappa shape index (κ3) is 3.47. The molecule has 5 rings (SSSR count). The molecular formula is C24H26N4O3S. The SMILES string of the molecule is Cc1ccnc(-c2cnc(N3CC4(CC4)c4ccc(S(=O)(=O)C(C)CCO)cc43)nc2)c1. The molecule has 3 aromatic rings. The second kappa shape index (κ2) is 7.64. The fourth-order valence-electron chi connectivity index (χ4n) is 4.45. The zero-order valence-corrected chi connectivity index (χ0v) is 19.0. The summed E-state index contributed by atoms with van der Waals surface area (Å²) in [6.07, 6.45) is 7.68. The number of aliphatic hydroxyl groups excluding tert-OH is 1. The number of sulfone groups is 1. The fraction of sp³-hybridized carbons (Fsp3) is 0.375. The highest BCUT2D eigenvalue weighted by molar-refractivity contribution is 7.92. The van der Waals surface area contributed by atoms with Crippen LogP contribution in [0.5, 0.6) is 0 Å². The summed E-state index contributed by atoms with van der Waals surface area (Å²) >= 11 is 0. The van der Waals surface area contributed by atoms with Gasteiger partial charge >= 0.3 is 0 Å². The number of anilines is 2. The van der Waals surface area contributed by atoms with Crippen LogP contribution in [0.15, 0.2) is 53.8 Å². The predicted octanol–water partition coefficient (Wildman–Crippen LogP) is 3.57. The number of rotatable bonds is 6. The second-order valence-corrected chi connectivity index (χ2v) is 11.3. The van der Waals surface area contributed by atoms with Crippen LogP contribution in [0.1, 0.15) is 37.3 Å². The van der Waals surface area contributed by atoms with E-state index in [-0.39, 0.29) is 23.3 Å². The molecule has 0 radical (unpaired) electrons. The molecule has 166 valence electrons. The van der Waals surface area contributed by atoms with Gasteiger partial charge in [0.1, 0.15) is 0 Å². The van der Waals surface area contributed by atoms with Gasteiger partial charge in [-0.3, -0.25) is 4.98 Å². The molecule has 1 saturated carbocycles. The van der Waals surface area contributed by atoms with Gasteiger partial charge in [0.2, 0.25) is 5.95 Å². The van der Waals surface area contributed by atoms with Gasteiger partial charge in [0.25, 0.3) is 0 Å². The maximum absolute atomic E-state index is 13.0. The Hall–Kier alpha value is -2.84. The van der Waals surface area contributed by atoms with E-state index >= 15 is 0 Å². The lowest BCUT2D eigenvalue weighted by Gasteiger charge is -2.19. The normalized spacial score (nSPS) is 17.4. The van der Waals surface area contributed by atoms with Crippen LogP contribution in [0.3, 0.4) is 0 Å². The van der Waals surface area contributed by atoms with Gasteiger partial charge in [-0.2, -0.15) is 0 Å². The van der Waals surface area contributed by atoms with Crippen molar-refractivity contribution < 1.29 is 13.5 Å². The molecule has 1 N–H and O–H groups in total. The number of fused-ring (bicyclic) bond motifs is 2. The Balaban J connectivity index is 1.51. The highest BCUT2D eigenvalue weighted by Crippen LogP contribution is 2.58. The van der Waals surface area contributed by atoms with Crippen LogP contribution in [-0.2, 0) is 15.3 Å². The fourth-order valence-corrected chi connectivity index (χ4v) is 5.86. The summed E-state index contributed by atoms with van der Waals surface area (Å²) in [5.74, 6) is 0.560. The Bertz CT molecular complexity index is 1270. The van der Waals surface area contributed by atoms with Crippen LogP contribution in [-0.4, -0.2) is 46.9 Å². The van der Waals surface area contributed by atoms with Gasteiger partial charge in [0, 0.05) is 48.4 Å². The van der Waals surface area contributed by atoms with Crippen molar-refractivity contribution in [3.8, 4) is 11.3 Å². The number of aryl methyl sites for hydroxylation is 1. The third-order valence-corrected chi connectivity index (χ3v) is 8.84. The standard InChI is InChI=1S/C24H26N4O3S/c1-16-5-9-25-21(11-16)18-13-26-23(27-14-18)28-15-24(7-8-24)20-4-3-19(12-22(20)28)32(30,31)17(2)6-10-29/h3-5,9,11-14,17,29H,6-8,10,15H2,1-2H3. The summed E-state index contributed by atoms with van der Waals surface area (Å²) in [5.41, 5.74) is 4.87. The van der Waals surface area contributed by atoms with E-state index in [1.165, 1.54) is 5.56 Å². The van der Waals surface area contributed by atoms with E-state index in [1.807, 2.05) is 30.0 Å². The maximum Gasteiger partial charge on any atom is 0.229 e. The highest BCUT2D eigenvalue weighted by atomic mass is 32.2. The lowest BCUT2D eigenvalue weighted by atomic mass is 9.99. The molecule has 7 nitrogen and oxygen atoms in total. The molecule has 1 aliphatic heterocycles.